The second-order valence-corrected chi connectivity index (χ2v) is 5.84. The Bertz CT molecular complexity index is 439. The summed E-state index contributed by atoms with van der Waals surface area (Å²) in [6.45, 7) is 3.73. The van der Waals surface area contributed by atoms with Crippen LogP contribution in [-0.2, 0) is 0 Å². The van der Waals surface area contributed by atoms with Crippen LogP contribution in [0.4, 0.5) is 0 Å². The molecule has 0 unspecified atom stereocenters. The number of carbonyl (C=O) groups is 1. The first kappa shape index (κ1) is 16.0. The van der Waals surface area contributed by atoms with Gasteiger partial charge in [-0.05, 0) is 57.5 Å². The van der Waals surface area contributed by atoms with Gasteiger partial charge in [0.25, 0.3) is 0 Å². The highest BCUT2D eigenvalue weighted by Gasteiger charge is 2.12. The molecule has 1 heterocycles. The number of Topliss-reactive ketones (excluding diaryl/α,β-unsaturated/α-hetero) is 1. The highest BCUT2D eigenvalue weighted by atomic mass is 16.5. The van der Waals surface area contributed by atoms with Gasteiger partial charge in [0.1, 0.15) is 5.75 Å². The number of ketones is 1. The summed E-state index contributed by atoms with van der Waals surface area (Å²) in [4.78, 5) is 14.8. The lowest BCUT2D eigenvalue weighted by molar-refractivity contribution is 0.0975. The molecule has 0 radical (unpaired) electrons. The number of piperidine rings is 1. The van der Waals surface area contributed by atoms with Gasteiger partial charge in [0, 0.05) is 6.42 Å². The van der Waals surface area contributed by atoms with Crippen molar-refractivity contribution in [2.24, 2.45) is 0 Å². The second kappa shape index (κ2) is 8.83. The van der Waals surface area contributed by atoms with Crippen molar-refractivity contribution in [1.82, 2.24) is 4.90 Å². The van der Waals surface area contributed by atoms with Gasteiger partial charge in [0.15, 0.2) is 5.78 Å². The number of hydrogen-bond donors (Lipinski definition) is 0. The van der Waals surface area contributed by atoms with Crippen molar-refractivity contribution >= 4 is 5.78 Å². The average molecular weight is 289 g/mol. The number of rotatable bonds is 8. The van der Waals surface area contributed by atoms with E-state index in [1.807, 2.05) is 24.3 Å². The van der Waals surface area contributed by atoms with E-state index in [1.54, 1.807) is 7.11 Å². The fourth-order valence-electron chi connectivity index (χ4n) is 2.99. The third-order valence-corrected chi connectivity index (χ3v) is 4.23. The normalized spacial score (nSPS) is 15.9. The molecule has 1 saturated heterocycles. The van der Waals surface area contributed by atoms with Crippen LogP contribution in [0.1, 0.15) is 55.3 Å². The maximum absolute atomic E-state index is 12.2. The van der Waals surface area contributed by atoms with E-state index in [4.69, 9.17) is 4.74 Å². The summed E-state index contributed by atoms with van der Waals surface area (Å²) in [7, 11) is 1.62. The number of benzene rings is 1. The molecule has 1 aromatic carbocycles. The van der Waals surface area contributed by atoms with Crippen LogP contribution in [0.2, 0.25) is 0 Å². The third kappa shape index (κ3) is 5.16. The minimum Gasteiger partial charge on any atom is -0.496 e. The number of nitrogens with zero attached hydrogens (tertiary/aromatic N) is 1. The Hall–Kier alpha value is -1.35. The molecule has 0 N–H and O–H groups in total. The molecule has 0 aromatic heterocycles. The Labute approximate surface area is 128 Å². The average Bonchev–Trinajstić information content (AvgIpc) is 2.55. The monoisotopic (exact) mass is 289 g/mol. The fraction of sp³-hybridized carbons (Fsp3) is 0.611. The van der Waals surface area contributed by atoms with Crippen molar-refractivity contribution in [3.05, 3.63) is 29.8 Å². The van der Waals surface area contributed by atoms with Crippen molar-refractivity contribution in [3.8, 4) is 5.75 Å². The highest BCUT2D eigenvalue weighted by molar-refractivity contribution is 5.98. The first-order valence-corrected chi connectivity index (χ1v) is 8.20. The number of carbonyl (C=O) groups excluding carboxylic acids is 1. The summed E-state index contributed by atoms with van der Waals surface area (Å²) >= 11 is 0. The molecule has 0 atom stereocenters. The van der Waals surface area contributed by atoms with E-state index in [2.05, 4.69) is 4.90 Å². The SMILES string of the molecule is COc1ccccc1C(=O)CCCCCN1CCCCC1. The number of para-hydroxylation sites is 1. The lowest BCUT2D eigenvalue weighted by Gasteiger charge is -2.26. The lowest BCUT2D eigenvalue weighted by Crippen LogP contribution is -2.30. The Balaban J connectivity index is 1.65. The molecule has 3 heteroatoms. The predicted molar refractivity (Wildman–Crippen MR) is 86.1 cm³/mol. The van der Waals surface area contributed by atoms with Crippen LogP contribution >= 0.6 is 0 Å². The highest BCUT2D eigenvalue weighted by Crippen LogP contribution is 2.20. The van der Waals surface area contributed by atoms with Gasteiger partial charge in [-0.25, -0.2) is 0 Å². The quantitative estimate of drug-likeness (QED) is 0.536. The molecule has 1 aromatic rings. The van der Waals surface area contributed by atoms with Gasteiger partial charge in [0.2, 0.25) is 0 Å². The summed E-state index contributed by atoms with van der Waals surface area (Å²) < 4.78 is 5.25. The third-order valence-electron chi connectivity index (χ3n) is 4.23. The maximum atomic E-state index is 12.2. The molecule has 1 aliphatic heterocycles. The number of unbranched alkanes of at least 4 members (excludes halogenated alkanes) is 2. The molecule has 2 rings (SSSR count). The summed E-state index contributed by atoms with van der Waals surface area (Å²) in [6, 6.07) is 7.50. The van der Waals surface area contributed by atoms with E-state index in [-0.39, 0.29) is 5.78 Å². The minimum absolute atomic E-state index is 0.199. The van der Waals surface area contributed by atoms with E-state index in [9.17, 15) is 4.79 Å². The zero-order chi connectivity index (χ0) is 14.9. The van der Waals surface area contributed by atoms with Crippen LogP contribution in [0.5, 0.6) is 5.75 Å². The largest absolute Gasteiger partial charge is 0.496 e. The van der Waals surface area contributed by atoms with Crippen LogP contribution in [0, 0.1) is 0 Å². The Morgan fingerprint density at radius 3 is 2.62 bits per heavy atom. The molecular formula is C18H27NO2. The molecule has 0 spiro atoms. The van der Waals surface area contributed by atoms with Crippen molar-refractivity contribution in [2.45, 2.75) is 44.9 Å². The first-order valence-electron chi connectivity index (χ1n) is 8.20. The molecule has 21 heavy (non-hydrogen) atoms. The Morgan fingerprint density at radius 1 is 1.10 bits per heavy atom. The zero-order valence-corrected chi connectivity index (χ0v) is 13.1. The molecule has 0 bridgehead atoms. The zero-order valence-electron chi connectivity index (χ0n) is 13.1. The van der Waals surface area contributed by atoms with Gasteiger partial charge in [-0.15, -0.1) is 0 Å². The molecule has 3 nitrogen and oxygen atoms in total. The Kier molecular flexibility index (Phi) is 6.74. The summed E-state index contributed by atoms with van der Waals surface area (Å²) in [5, 5.41) is 0. The predicted octanol–water partition coefficient (Wildman–Crippen LogP) is 3.92. The smallest absolute Gasteiger partial charge is 0.166 e. The van der Waals surface area contributed by atoms with E-state index in [1.165, 1.54) is 45.3 Å². The van der Waals surface area contributed by atoms with E-state index < -0.39 is 0 Å². The lowest BCUT2D eigenvalue weighted by atomic mass is 10.0. The number of methoxy groups -OCH3 is 1. The molecule has 116 valence electrons. The van der Waals surface area contributed by atoms with Crippen molar-refractivity contribution in [1.29, 1.82) is 0 Å². The van der Waals surface area contributed by atoms with Crippen LogP contribution in [0.3, 0.4) is 0 Å². The second-order valence-electron chi connectivity index (χ2n) is 5.84. The summed E-state index contributed by atoms with van der Waals surface area (Å²) in [6.07, 6.45) is 8.05. The maximum Gasteiger partial charge on any atom is 0.166 e. The van der Waals surface area contributed by atoms with Crippen molar-refractivity contribution < 1.29 is 9.53 Å². The molecule has 1 fully saturated rings. The van der Waals surface area contributed by atoms with E-state index in [0.717, 1.165) is 18.4 Å². The van der Waals surface area contributed by atoms with Crippen LogP contribution in [0.25, 0.3) is 0 Å². The summed E-state index contributed by atoms with van der Waals surface area (Å²) in [5.41, 5.74) is 0.719. The molecule has 0 aliphatic carbocycles. The van der Waals surface area contributed by atoms with Gasteiger partial charge < -0.3 is 9.64 Å². The first-order chi connectivity index (χ1) is 10.3. The van der Waals surface area contributed by atoms with Crippen LogP contribution in [0.15, 0.2) is 24.3 Å². The van der Waals surface area contributed by atoms with E-state index in [0.29, 0.717) is 12.2 Å². The Morgan fingerprint density at radius 2 is 1.86 bits per heavy atom. The minimum atomic E-state index is 0.199. The standard InChI is InChI=1S/C18H27NO2/c1-21-18-12-6-5-10-16(18)17(20)11-4-2-7-13-19-14-8-3-9-15-19/h5-6,10,12H,2-4,7-9,11,13-15H2,1H3. The van der Waals surface area contributed by atoms with Crippen LogP contribution in [-0.4, -0.2) is 37.4 Å². The molecular weight excluding hydrogens is 262 g/mol. The summed E-state index contributed by atoms with van der Waals surface area (Å²) in [5.74, 6) is 0.890. The van der Waals surface area contributed by atoms with Crippen molar-refractivity contribution in [2.75, 3.05) is 26.7 Å². The molecule has 1 aliphatic rings. The van der Waals surface area contributed by atoms with Gasteiger partial charge >= 0.3 is 0 Å². The number of ether oxygens (including phenoxy) is 1. The van der Waals surface area contributed by atoms with Gasteiger partial charge in [-0.1, -0.05) is 25.0 Å². The van der Waals surface area contributed by atoms with Gasteiger partial charge in [0.05, 0.1) is 12.7 Å². The van der Waals surface area contributed by atoms with E-state index >= 15 is 0 Å². The number of likely N-dealkylation sites (tertiary alicyclic amines) is 1. The van der Waals surface area contributed by atoms with Crippen molar-refractivity contribution in [3.63, 3.8) is 0 Å². The molecule has 0 amide bonds. The fourth-order valence-corrected chi connectivity index (χ4v) is 2.99. The topological polar surface area (TPSA) is 29.5 Å². The molecule has 0 saturated carbocycles. The van der Waals surface area contributed by atoms with Crippen LogP contribution < -0.4 is 4.74 Å². The van der Waals surface area contributed by atoms with Gasteiger partial charge in [-0.2, -0.15) is 0 Å². The number of hydrogen-bond acceptors (Lipinski definition) is 3. The van der Waals surface area contributed by atoms with Gasteiger partial charge in [-0.3, -0.25) is 4.79 Å².